The fourth-order valence-corrected chi connectivity index (χ4v) is 4.52. The zero-order valence-corrected chi connectivity index (χ0v) is 14.2. The van der Waals surface area contributed by atoms with Crippen molar-refractivity contribution in [2.45, 2.75) is 18.4 Å². The molecule has 6 heteroatoms. The molecule has 1 amide bonds. The third kappa shape index (κ3) is 2.31. The predicted molar refractivity (Wildman–Crippen MR) is 95.6 cm³/mol. The molecule has 22 heavy (non-hydrogen) atoms. The molecule has 1 aliphatic carbocycles. The number of halogens is 1. The lowest BCUT2D eigenvalue weighted by molar-refractivity contribution is 0.0935. The minimum Gasteiger partial charge on any atom is -0.497 e. The summed E-state index contributed by atoms with van der Waals surface area (Å²) in [7, 11) is 1.64. The number of hydrogen-bond donors (Lipinski definition) is 3. The van der Waals surface area contributed by atoms with Crippen molar-refractivity contribution in [1.82, 2.24) is 13.8 Å². The lowest BCUT2D eigenvalue weighted by Gasteiger charge is -2.16. The van der Waals surface area contributed by atoms with Gasteiger partial charge in [-0.2, -0.15) is 0 Å². The van der Waals surface area contributed by atoms with E-state index in [0.29, 0.717) is 5.69 Å². The van der Waals surface area contributed by atoms with E-state index in [4.69, 9.17) is 4.74 Å². The molecule has 0 saturated heterocycles. The van der Waals surface area contributed by atoms with E-state index in [1.807, 2.05) is 24.3 Å². The molecule has 2 heterocycles. The maximum absolute atomic E-state index is 12.6. The molecule has 1 aromatic carbocycles. The Morgan fingerprint density at radius 2 is 2.23 bits per heavy atom. The Kier molecular flexibility index (Phi) is 3.21. The number of fused-ring (bicyclic) bond motifs is 1. The summed E-state index contributed by atoms with van der Waals surface area (Å²) in [5.74, 6) is 0.741. The van der Waals surface area contributed by atoms with E-state index in [-0.39, 0.29) is 32.5 Å². The number of nitrogens with one attached hydrogen (secondary N) is 3. The van der Waals surface area contributed by atoms with E-state index in [2.05, 4.69) is 24.0 Å². The van der Waals surface area contributed by atoms with E-state index < -0.39 is 0 Å². The molecule has 0 atom stereocenters. The van der Waals surface area contributed by atoms with Crippen molar-refractivity contribution in [1.29, 1.82) is 0 Å². The number of aromatic nitrogens is 1. The minimum atomic E-state index is -0.144. The van der Waals surface area contributed by atoms with Crippen LogP contribution in [0.5, 0.6) is 5.75 Å². The Bertz CT molecular complexity index is 818. The van der Waals surface area contributed by atoms with Crippen LogP contribution in [0.25, 0.3) is 10.9 Å². The molecule has 4 rings (SSSR count). The van der Waals surface area contributed by atoms with Crippen LogP contribution in [0.2, 0.25) is 0 Å². The van der Waals surface area contributed by atoms with Crippen molar-refractivity contribution in [3.63, 3.8) is 0 Å². The third-order valence-electron chi connectivity index (χ3n) is 4.17. The normalized spacial score (nSPS) is 18.3. The SMILES string of the molecule is COc1ccc2[nH]c(C(=O)NC3(C4=CNI=C4)CC3)cc2c1. The lowest BCUT2D eigenvalue weighted by atomic mass is 10.1. The number of hydrogen-bond acceptors (Lipinski definition) is 3. The second-order valence-corrected chi connectivity index (χ2v) is 7.47. The zero-order valence-electron chi connectivity index (χ0n) is 12.1. The molecule has 2 aromatic rings. The van der Waals surface area contributed by atoms with E-state index in [0.717, 1.165) is 29.5 Å². The molecule has 3 N–H and O–H groups in total. The number of amides is 1. The van der Waals surface area contributed by atoms with E-state index in [9.17, 15) is 4.79 Å². The third-order valence-corrected chi connectivity index (χ3v) is 5.83. The molecule has 1 fully saturated rings. The van der Waals surface area contributed by atoms with Crippen LogP contribution in [0.1, 0.15) is 23.3 Å². The molecule has 0 spiro atoms. The van der Waals surface area contributed by atoms with Crippen molar-refractivity contribution < 1.29 is 9.53 Å². The summed E-state index contributed by atoms with van der Waals surface area (Å²) < 4.78 is 10.8. The summed E-state index contributed by atoms with van der Waals surface area (Å²) in [5, 5.41) is 4.17. The van der Waals surface area contributed by atoms with Crippen molar-refractivity contribution >= 4 is 41.8 Å². The maximum Gasteiger partial charge on any atom is 0.268 e. The standard InChI is InChI=1S/C16H16IN3O2/c1-22-12-2-3-13-10(6-12)7-14(19-13)15(21)20-16(4-5-16)11-8-17-18-9-11/h2-3,6-9,18-19H,4-5H2,1H3,(H,20,21). The summed E-state index contributed by atoms with van der Waals surface area (Å²) >= 11 is -0.0682. The number of aromatic amines is 1. The summed E-state index contributed by atoms with van der Waals surface area (Å²) in [4.78, 5) is 15.7. The van der Waals surface area contributed by atoms with Crippen molar-refractivity contribution in [3.05, 3.63) is 41.7 Å². The highest BCUT2D eigenvalue weighted by Gasteiger charge is 2.47. The predicted octanol–water partition coefficient (Wildman–Crippen LogP) is 2.61. The Hall–Kier alpha value is -1.83. The molecule has 1 saturated carbocycles. The van der Waals surface area contributed by atoms with Gasteiger partial charge in [-0.05, 0) is 62.1 Å². The van der Waals surface area contributed by atoms with Gasteiger partial charge in [0.2, 0.25) is 0 Å². The molecule has 1 aliphatic heterocycles. The lowest BCUT2D eigenvalue weighted by Crippen LogP contribution is -2.38. The monoisotopic (exact) mass is 409 g/mol. The first-order valence-corrected chi connectivity index (χ1v) is 9.44. The largest absolute Gasteiger partial charge is 0.497 e. The van der Waals surface area contributed by atoms with Crippen LogP contribution in [0, 0.1) is 0 Å². The molecular formula is C16H16IN3O2. The Balaban J connectivity index is 1.59. The van der Waals surface area contributed by atoms with Gasteiger partial charge >= 0.3 is 0 Å². The number of H-pyrrole nitrogens is 1. The van der Waals surface area contributed by atoms with Gasteiger partial charge in [0.1, 0.15) is 11.4 Å². The van der Waals surface area contributed by atoms with Crippen LogP contribution in [0.15, 0.2) is 36.0 Å². The molecule has 5 nitrogen and oxygen atoms in total. The summed E-state index contributed by atoms with van der Waals surface area (Å²) in [6.45, 7) is 0. The first-order chi connectivity index (χ1) is 10.7. The van der Waals surface area contributed by atoms with Gasteiger partial charge in [-0.15, -0.1) is 0 Å². The van der Waals surface area contributed by atoms with Crippen molar-refractivity contribution in [2.75, 3.05) is 7.11 Å². The Labute approximate surface area is 138 Å². The topological polar surface area (TPSA) is 66.2 Å². The minimum absolute atomic E-state index is 0.0490. The van der Waals surface area contributed by atoms with Crippen molar-refractivity contribution in [2.24, 2.45) is 0 Å². The van der Waals surface area contributed by atoms with E-state index >= 15 is 0 Å². The molecule has 2 aliphatic rings. The smallest absolute Gasteiger partial charge is 0.268 e. The number of ether oxygens (including phenoxy) is 1. The number of methoxy groups -OCH3 is 1. The van der Waals surface area contributed by atoms with Crippen LogP contribution < -0.4 is 13.6 Å². The van der Waals surface area contributed by atoms with Crippen molar-refractivity contribution in [3.8, 4) is 5.75 Å². The van der Waals surface area contributed by atoms with Gasteiger partial charge in [0, 0.05) is 22.7 Å². The molecule has 1 aromatic heterocycles. The first-order valence-electron chi connectivity index (χ1n) is 7.11. The number of rotatable bonds is 4. The number of benzene rings is 1. The fourth-order valence-electron chi connectivity index (χ4n) is 2.71. The van der Waals surface area contributed by atoms with Crippen LogP contribution in [-0.2, 0) is 0 Å². The van der Waals surface area contributed by atoms with Crippen LogP contribution >= 0.6 is 21.0 Å². The van der Waals surface area contributed by atoms with E-state index in [1.54, 1.807) is 7.11 Å². The highest BCUT2D eigenvalue weighted by atomic mass is 127. The average Bonchev–Trinajstić information content (AvgIpc) is 2.97. The maximum atomic E-state index is 12.6. The van der Waals surface area contributed by atoms with Crippen LogP contribution in [0.4, 0.5) is 0 Å². The highest BCUT2D eigenvalue weighted by Crippen LogP contribution is 2.43. The van der Waals surface area contributed by atoms with E-state index in [1.165, 1.54) is 5.57 Å². The number of carbonyl (C=O) groups is 1. The summed E-state index contributed by atoms with van der Waals surface area (Å²) in [6.07, 6.45) is 4.08. The van der Waals surface area contributed by atoms with Gasteiger partial charge in [-0.3, -0.25) is 4.79 Å². The summed E-state index contributed by atoms with van der Waals surface area (Å²) in [5.41, 5.74) is 2.63. The molecule has 114 valence electrons. The molecule has 0 bridgehead atoms. The molecular weight excluding hydrogens is 393 g/mol. The second-order valence-electron chi connectivity index (χ2n) is 5.60. The first kappa shape index (κ1) is 13.8. The molecule has 0 unspecified atom stereocenters. The average molecular weight is 409 g/mol. The Morgan fingerprint density at radius 3 is 2.91 bits per heavy atom. The van der Waals surface area contributed by atoms with Crippen LogP contribution in [0.3, 0.4) is 0 Å². The van der Waals surface area contributed by atoms with Gasteiger partial charge in [0.25, 0.3) is 5.91 Å². The van der Waals surface area contributed by atoms with Gasteiger partial charge in [-0.1, -0.05) is 0 Å². The van der Waals surface area contributed by atoms with Crippen LogP contribution in [-0.4, -0.2) is 27.6 Å². The number of carbonyl (C=O) groups excluding carboxylic acids is 1. The fraction of sp³-hybridized carbons (Fsp3) is 0.250. The van der Waals surface area contributed by atoms with Gasteiger partial charge in [-0.25, -0.2) is 0 Å². The summed E-state index contributed by atoms with van der Waals surface area (Å²) in [6, 6.07) is 7.62. The Morgan fingerprint density at radius 1 is 1.36 bits per heavy atom. The second kappa shape index (κ2) is 5.12. The quantitative estimate of drug-likeness (QED) is 0.538. The van der Waals surface area contributed by atoms with Gasteiger partial charge < -0.3 is 18.6 Å². The van der Waals surface area contributed by atoms with Gasteiger partial charge in [0.05, 0.1) is 12.6 Å². The highest BCUT2D eigenvalue weighted by molar-refractivity contribution is 14.2. The molecule has 0 radical (unpaired) electrons. The van der Waals surface area contributed by atoms with Gasteiger partial charge in [0.15, 0.2) is 0 Å². The zero-order chi connectivity index (χ0) is 15.2.